The molecule has 80 valence electrons. The van der Waals surface area contributed by atoms with Crippen LogP contribution in [0.5, 0.6) is 0 Å². The Morgan fingerprint density at radius 3 is 2.14 bits per heavy atom. The number of likely N-dealkylation sites (tertiary alicyclic amines) is 1. The van der Waals surface area contributed by atoms with Gasteiger partial charge in [0.15, 0.2) is 8.32 Å². The zero-order valence-electron chi connectivity index (χ0n) is 9.63. The van der Waals surface area contributed by atoms with Gasteiger partial charge in [0.2, 0.25) is 0 Å². The minimum absolute atomic E-state index is 0.489. The molecule has 1 aliphatic heterocycles. The molecule has 0 saturated carbocycles. The highest BCUT2D eigenvalue weighted by molar-refractivity contribution is 6.69. The highest BCUT2D eigenvalue weighted by Gasteiger charge is 2.38. The van der Waals surface area contributed by atoms with Gasteiger partial charge in [0.25, 0.3) is 0 Å². The van der Waals surface area contributed by atoms with Crippen molar-refractivity contribution in [2.75, 3.05) is 20.1 Å². The highest BCUT2D eigenvalue weighted by atomic mass is 28.4. The number of nitrogens with zero attached hydrogens (tertiary/aromatic N) is 2. The summed E-state index contributed by atoms with van der Waals surface area (Å²) in [4.78, 5) is 2.25. The maximum atomic E-state index is 9.22. The molecular weight excluding hydrogens is 192 g/mol. The molecule has 0 radical (unpaired) electrons. The lowest BCUT2D eigenvalue weighted by Crippen LogP contribution is -2.48. The zero-order valence-corrected chi connectivity index (χ0v) is 10.6. The van der Waals surface area contributed by atoms with Crippen LogP contribution in [0.25, 0.3) is 0 Å². The second kappa shape index (κ2) is 4.01. The predicted octanol–water partition coefficient (Wildman–Crippen LogP) is 1.83. The lowest BCUT2D eigenvalue weighted by atomic mass is 9.94. The van der Waals surface area contributed by atoms with Gasteiger partial charge in [-0.1, -0.05) is 0 Å². The van der Waals surface area contributed by atoms with E-state index in [2.05, 4.69) is 37.7 Å². The Kier molecular flexibility index (Phi) is 3.35. The fourth-order valence-corrected chi connectivity index (χ4v) is 3.22. The molecule has 1 rings (SSSR count). The molecule has 0 aromatic heterocycles. The van der Waals surface area contributed by atoms with E-state index in [1.54, 1.807) is 0 Å². The van der Waals surface area contributed by atoms with Gasteiger partial charge in [-0.05, 0) is 26.7 Å². The summed E-state index contributed by atoms with van der Waals surface area (Å²) in [6, 6.07) is 2.38. The molecule has 0 aromatic rings. The van der Waals surface area contributed by atoms with Crippen molar-refractivity contribution in [2.45, 2.75) is 38.1 Å². The van der Waals surface area contributed by atoms with Crippen LogP contribution >= 0.6 is 0 Å². The molecule has 3 nitrogen and oxygen atoms in total. The van der Waals surface area contributed by atoms with Gasteiger partial charge in [-0.25, -0.2) is 0 Å². The second-order valence-electron chi connectivity index (χ2n) is 5.12. The van der Waals surface area contributed by atoms with Crippen molar-refractivity contribution >= 4 is 8.32 Å². The molecule has 1 fully saturated rings. The number of piperidine rings is 1. The quantitative estimate of drug-likeness (QED) is 0.655. The van der Waals surface area contributed by atoms with E-state index in [1.807, 2.05) is 0 Å². The zero-order chi connectivity index (χ0) is 10.8. The first-order chi connectivity index (χ1) is 6.37. The molecule has 0 amide bonds. The van der Waals surface area contributed by atoms with Crippen molar-refractivity contribution < 1.29 is 4.43 Å². The van der Waals surface area contributed by atoms with Crippen LogP contribution in [0.4, 0.5) is 0 Å². The van der Waals surface area contributed by atoms with E-state index in [4.69, 9.17) is 4.43 Å². The van der Waals surface area contributed by atoms with Crippen molar-refractivity contribution in [1.82, 2.24) is 4.90 Å². The highest BCUT2D eigenvalue weighted by Crippen LogP contribution is 2.28. The fraction of sp³-hybridized carbons (Fsp3) is 0.900. The molecule has 1 saturated heterocycles. The Morgan fingerprint density at radius 1 is 1.29 bits per heavy atom. The van der Waals surface area contributed by atoms with Crippen molar-refractivity contribution in [3.05, 3.63) is 0 Å². The molecule has 0 spiro atoms. The lowest BCUT2D eigenvalue weighted by molar-refractivity contribution is 0.0491. The van der Waals surface area contributed by atoms with Crippen LogP contribution in [0.15, 0.2) is 0 Å². The molecule has 4 heteroatoms. The maximum Gasteiger partial charge on any atom is 0.185 e. The minimum Gasteiger partial charge on any atom is -0.400 e. The maximum absolute atomic E-state index is 9.22. The van der Waals surface area contributed by atoms with Crippen LogP contribution in [0.3, 0.4) is 0 Å². The topological polar surface area (TPSA) is 36.3 Å². The van der Waals surface area contributed by atoms with Crippen LogP contribution < -0.4 is 0 Å². The summed E-state index contributed by atoms with van der Waals surface area (Å²) in [5.74, 6) is 0. The Morgan fingerprint density at radius 2 is 1.79 bits per heavy atom. The van der Waals surface area contributed by atoms with Gasteiger partial charge in [-0.2, -0.15) is 5.26 Å². The van der Waals surface area contributed by atoms with Crippen LogP contribution in [0, 0.1) is 11.3 Å². The van der Waals surface area contributed by atoms with Gasteiger partial charge >= 0.3 is 0 Å². The van der Waals surface area contributed by atoms with E-state index in [-0.39, 0.29) is 0 Å². The first kappa shape index (κ1) is 11.7. The molecule has 14 heavy (non-hydrogen) atoms. The van der Waals surface area contributed by atoms with Gasteiger partial charge in [-0.15, -0.1) is 0 Å². The van der Waals surface area contributed by atoms with Crippen molar-refractivity contribution in [3.8, 4) is 6.07 Å². The van der Waals surface area contributed by atoms with Crippen LogP contribution in [-0.2, 0) is 4.43 Å². The molecule has 0 unspecified atom stereocenters. The molecular formula is C10H20N2OSi. The monoisotopic (exact) mass is 212 g/mol. The number of hydrogen-bond donors (Lipinski definition) is 0. The summed E-state index contributed by atoms with van der Waals surface area (Å²) in [7, 11) is 0.492. The number of nitriles is 1. The number of rotatable bonds is 2. The molecule has 1 aliphatic rings. The van der Waals surface area contributed by atoms with Crippen molar-refractivity contribution in [3.63, 3.8) is 0 Å². The predicted molar refractivity (Wildman–Crippen MR) is 59.5 cm³/mol. The van der Waals surface area contributed by atoms with Crippen LogP contribution in [0.2, 0.25) is 19.6 Å². The third kappa shape index (κ3) is 3.09. The normalized spacial score (nSPS) is 23.1. The third-order valence-corrected chi connectivity index (χ3v) is 3.50. The van der Waals surface area contributed by atoms with Gasteiger partial charge < -0.3 is 9.33 Å². The van der Waals surface area contributed by atoms with Crippen molar-refractivity contribution in [1.29, 1.82) is 5.26 Å². The van der Waals surface area contributed by atoms with E-state index in [9.17, 15) is 5.26 Å². The smallest absolute Gasteiger partial charge is 0.185 e. The molecule has 0 aromatic carbocycles. The average molecular weight is 212 g/mol. The summed E-state index contributed by atoms with van der Waals surface area (Å²) in [6.07, 6.45) is 1.70. The van der Waals surface area contributed by atoms with Gasteiger partial charge in [0, 0.05) is 25.9 Å². The lowest BCUT2D eigenvalue weighted by Gasteiger charge is -2.39. The molecule has 0 aliphatic carbocycles. The summed E-state index contributed by atoms with van der Waals surface area (Å²) < 4.78 is 6.01. The standard InChI is InChI=1S/C10H20N2OSi/c1-12-7-5-10(9-11,6-8-12)13-14(2,3)4/h5-8H2,1-4H3. The van der Waals surface area contributed by atoms with E-state index in [1.165, 1.54) is 0 Å². The van der Waals surface area contributed by atoms with E-state index >= 15 is 0 Å². The summed E-state index contributed by atoms with van der Waals surface area (Å²) in [6.45, 7) is 8.37. The van der Waals surface area contributed by atoms with E-state index < -0.39 is 13.9 Å². The van der Waals surface area contributed by atoms with Crippen LogP contribution in [0.1, 0.15) is 12.8 Å². The van der Waals surface area contributed by atoms with E-state index in [0.717, 1.165) is 25.9 Å². The second-order valence-corrected chi connectivity index (χ2v) is 9.55. The summed E-state index contributed by atoms with van der Waals surface area (Å²) in [5.41, 5.74) is -0.489. The van der Waals surface area contributed by atoms with Crippen LogP contribution in [-0.4, -0.2) is 39.0 Å². The first-order valence-corrected chi connectivity index (χ1v) is 8.58. The molecule has 0 atom stereocenters. The Balaban J connectivity index is 2.65. The largest absolute Gasteiger partial charge is 0.400 e. The van der Waals surface area contributed by atoms with E-state index in [0.29, 0.717) is 0 Å². The van der Waals surface area contributed by atoms with Gasteiger partial charge in [-0.3, -0.25) is 0 Å². The third-order valence-electron chi connectivity index (χ3n) is 2.50. The Hall–Kier alpha value is -0.373. The minimum atomic E-state index is -1.60. The average Bonchev–Trinajstić information content (AvgIpc) is 2.07. The Bertz CT molecular complexity index is 233. The molecule has 1 heterocycles. The Labute approximate surface area is 87.8 Å². The molecule has 0 bridgehead atoms. The fourth-order valence-electron chi connectivity index (χ4n) is 1.80. The SMILES string of the molecule is CN1CCC(C#N)(O[Si](C)(C)C)CC1. The van der Waals surface area contributed by atoms with Gasteiger partial charge in [0.05, 0.1) is 6.07 Å². The first-order valence-electron chi connectivity index (χ1n) is 5.17. The number of hydrogen-bond acceptors (Lipinski definition) is 3. The van der Waals surface area contributed by atoms with Crippen molar-refractivity contribution in [2.24, 2.45) is 0 Å². The summed E-state index contributed by atoms with van der Waals surface area (Å²) in [5, 5.41) is 9.22. The summed E-state index contributed by atoms with van der Waals surface area (Å²) >= 11 is 0. The van der Waals surface area contributed by atoms with Gasteiger partial charge in [0.1, 0.15) is 5.60 Å². The molecule has 0 N–H and O–H groups in total.